The molecule has 1 aromatic heterocycles. The predicted octanol–water partition coefficient (Wildman–Crippen LogP) is 3.30. The van der Waals surface area contributed by atoms with Crippen molar-refractivity contribution in [3.8, 4) is 0 Å². The number of nitrogens with zero attached hydrogens (tertiary/aromatic N) is 1. The molecule has 1 heterocycles. The summed E-state index contributed by atoms with van der Waals surface area (Å²) in [6, 6.07) is 4.67. The average molecular weight is 239 g/mol. The summed E-state index contributed by atoms with van der Waals surface area (Å²) >= 11 is 0. The van der Waals surface area contributed by atoms with Gasteiger partial charge in [0.1, 0.15) is 0 Å². The SMILES string of the molecule is CCCCCCC(F)(C(=O)O)c1ccccn1. The van der Waals surface area contributed by atoms with Gasteiger partial charge in [-0.1, -0.05) is 32.3 Å². The van der Waals surface area contributed by atoms with E-state index in [4.69, 9.17) is 5.11 Å². The van der Waals surface area contributed by atoms with Gasteiger partial charge in [0.2, 0.25) is 5.67 Å². The molecule has 0 radical (unpaired) electrons. The van der Waals surface area contributed by atoms with Gasteiger partial charge in [-0.25, -0.2) is 9.18 Å². The van der Waals surface area contributed by atoms with E-state index in [2.05, 4.69) is 11.9 Å². The third kappa shape index (κ3) is 3.51. The second-order valence-corrected chi connectivity index (χ2v) is 4.13. The Bertz CT molecular complexity index is 356. The van der Waals surface area contributed by atoms with Crippen LogP contribution in [0.25, 0.3) is 0 Å². The van der Waals surface area contributed by atoms with Crippen LogP contribution < -0.4 is 0 Å². The predicted molar refractivity (Wildman–Crippen MR) is 63.4 cm³/mol. The number of carboxylic acids is 1. The van der Waals surface area contributed by atoms with E-state index in [0.717, 1.165) is 19.3 Å². The summed E-state index contributed by atoms with van der Waals surface area (Å²) in [6.07, 6.45) is 4.85. The standard InChI is InChI=1S/C13H18FNO2/c1-2-3-4-6-9-13(14,12(16)17)11-8-5-7-10-15-11/h5,7-8,10H,2-4,6,9H2,1H3,(H,16,17). The van der Waals surface area contributed by atoms with Gasteiger partial charge < -0.3 is 5.11 Å². The van der Waals surface area contributed by atoms with Crippen LogP contribution in [0.2, 0.25) is 0 Å². The molecule has 3 nitrogen and oxygen atoms in total. The second kappa shape index (κ2) is 6.33. The van der Waals surface area contributed by atoms with Crippen LogP contribution in [-0.4, -0.2) is 16.1 Å². The van der Waals surface area contributed by atoms with E-state index in [1.165, 1.54) is 12.3 Å². The Morgan fingerprint density at radius 3 is 2.71 bits per heavy atom. The number of hydrogen-bond acceptors (Lipinski definition) is 2. The lowest BCUT2D eigenvalue weighted by atomic mass is 9.94. The molecule has 4 heteroatoms. The molecule has 0 aliphatic carbocycles. The monoisotopic (exact) mass is 239 g/mol. The van der Waals surface area contributed by atoms with Crippen LogP contribution in [0.3, 0.4) is 0 Å². The second-order valence-electron chi connectivity index (χ2n) is 4.13. The van der Waals surface area contributed by atoms with Crippen molar-refractivity contribution in [3.05, 3.63) is 30.1 Å². The molecule has 0 bridgehead atoms. The molecule has 0 aliphatic heterocycles. The van der Waals surface area contributed by atoms with Crippen LogP contribution in [0.5, 0.6) is 0 Å². The molecule has 1 N–H and O–H groups in total. The van der Waals surface area contributed by atoms with Crippen molar-refractivity contribution >= 4 is 5.97 Å². The lowest BCUT2D eigenvalue weighted by Gasteiger charge is -2.19. The van der Waals surface area contributed by atoms with Crippen molar-refractivity contribution in [2.75, 3.05) is 0 Å². The van der Waals surface area contributed by atoms with Crippen molar-refractivity contribution < 1.29 is 14.3 Å². The van der Waals surface area contributed by atoms with Gasteiger partial charge in [0, 0.05) is 6.20 Å². The van der Waals surface area contributed by atoms with Gasteiger partial charge in [0.25, 0.3) is 0 Å². The molecule has 0 saturated carbocycles. The number of hydrogen-bond donors (Lipinski definition) is 1. The first-order valence-corrected chi connectivity index (χ1v) is 5.95. The highest BCUT2D eigenvalue weighted by Crippen LogP contribution is 2.31. The Morgan fingerprint density at radius 1 is 1.41 bits per heavy atom. The fraction of sp³-hybridized carbons (Fsp3) is 0.538. The van der Waals surface area contributed by atoms with Gasteiger partial charge in [-0.2, -0.15) is 0 Å². The van der Waals surface area contributed by atoms with E-state index < -0.39 is 11.6 Å². The van der Waals surface area contributed by atoms with E-state index in [0.29, 0.717) is 6.42 Å². The zero-order valence-corrected chi connectivity index (χ0v) is 10.0. The van der Waals surface area contributed by atoms with Crippen LogP contribution in [0, 0.1) is 0 Å². The Hall–Kier alpha value is -1.45. The number of pyridine rings is 1. The summed E-state index contributed by atoms with van der Waals surface area (Å²) in [7, 11) is 0. The van der Waals surface area contributed by atoms with E-state index in [1.807, 2.05) is 0 Å². The molecule has 1 unspecified atom stereocenters. The van der Waals surface area contributed by atoms with E-state index >= 15 is 0 Å². The molecular formula is C13H18FNO2. The van der Waals surface area contributed by atoms with E-state index in [-0.39, 0.29) is 12.1 Å². The zero-order chi connectivity index (χ0) is 12.7. The molecular weight excluding hydrogens is 221 g/mol. The maximum atomic E-state index is 14.4. The third-order valence-electron chi connectivity index (χ3n) is 2.78. The Kier molecular flexibility index (Phi) is 5.07. The third-order valence-corrected chi connectivity index (χ3v) is 2.78. The Balaban J connectivity index is 2.73. The number of unbranched alkanes of at least 4 members (excludes halogenated alkanes) is 3. The van der Waals surface area contributed by atoms with Crippen molar-refractivity contribution in [2.24, 2.45) is 0 Å². The van der Waals surface area contributed by atoms with Gasteiger partial charge in [-0.05, 0) is 25.0 Å². The molecule has 1 rings (SSSR count). The van der Waals surface area contributed by atoms with Gasteiger partial charge >= 0.3 is 5.97 Å². The van der Waals surface area contributed by atoms with Crippen LogP contribution in [0.4, 0.5) is 4.39 Å². The molecule has 0 fully saturated rings. The van der Waals surface area contributed by atoms with Crippen LogP contribution in [0.1, 0.15) is 44.7 Å². The normalized spacial score (nSPS) is 14.2. The van der Waals surface area contributed by atoms with Crippen LogP contribution >= 0.6 is 0 Å². The Labute approximate surface area is 101 Å². The summed E-state index contributed by atoms with van der Waals surface area (Å²) < 4.78 is 14.4. The van der Waals surface area contributed by atoms with Crippen LogP contribution in [0.15, 0.2) is 24.4 Å². The molecule has 0 aromatic carbocycles. The quantitative estimate of drug-likeness (QED) is 0.743. The fourth-order valence-corrected chi connectivity index (χ4v) is 1.74. The first-order chi connectivity index (χ1) is 8.11. The summed E-state index contributed by atoms with van der Waals surface area (Å²) in [5.74, 6) is -1.45. The molecule has 17 heavy (non-hydrogen) atoms. The van der Waals surface area contributed by atoms with Crippen molar-refractivity contribution in [1.82, 2.24) is 4.98 Å². The van der Waals surface area contributed by atoms with Gasteiger partial charge in [-0.15, -0.1) is 0 Å². The minimum atomic E-state index is -2.35. The first kappa shape index (κ1) is 13.6. The lowest BCUT2D eigenvalue weighted by Crippen LogP contribution is -2.31. The topological polar surface area (TPSA) is 50.2 Å². The number of rotatable bonds is 7. The van der Waals surface area contributed by atoms with Crippen molar-refractivity contribution in [1.29, 1.82) is 0 Å². The highest BCUT2D eigenvalue weighted by atomic mass is 19.1. The van der Waals surface area contributed by atoms with Gasteiger partial charge in [0.05, 0.1) is 5.69 Å². The molecule has 94 valence electrons. The van der Waals surface area contributed by atoms with E-state index in [9.17, 15) is 9.18 Å². The molecule has 0 spiro atoms. The minimum Gasteiger partial charge on any atom is -0.479 e. The molecule has 0 amide bonds. The molecule has 0 aliphatic rings. The number of carboxylic acid groups (broad SMARTS) is 1. The number of halogens is 1. The number of aromatic nitrogens is 1. The van der Waals surface area contributed by atoms with E-state index in [1.54, 1.807) is 12.1 Å². The summed E-state index contributed by atoms with van der Waals surface area (Å²) in [4.78, 5) is 14.9. The number of alkyl halides is 1. The van der Waals surface area contributed by atoms with Crippen LogP contribution in [-0.2, 0) is 10.5 Å². The smallest absolute Gasteiger partial charge is 0.347 e. The highest BCUT2D eigenvalue weighted by molar-refractivity contribution is 5.78. The average Bonchev–Trinajstić information content (AvgIpc) is 2.35. The zero-order valence-electron chi connectivity index (χ0n) is 10.0. The summed E-state index contributed by atoms with van der Waals surface area (Å²) in [6.45, 7) is 2.05. The maximum absolute atomic E-state index is 14.4. The number of aliphatic carboxylic acids is 1. The highest BCUT2D eigenvalue weighted by Gasteiger charge is 2.41. The summed E-state index contributed by atoms with van der Waals surface area (Å²) in [5.41, 5.74) is -2.36. The fourth-order valence-electron chi connectivity index (χ4n) is 1.74. The summed E-state index contributed by atoms with van der Waals surface area (Å²) in [5, 5.41) is 9.03. The van der Waals surface area contributed by atoms with Crippen molar-refractivity contribution in [2.45, 2.75) is 44.7 Å². The Morgan fingerprint density at radius 2 is 2.18 bits per heavy atom. The van der Waals surface area contributed by atoms with Gasteiger partial charge in [-0.3, -0.25) is 4.98 Å². The van der Waals surface area contributed by atoms with Crippen molar-refractivity contribution in [3.63, 3.8) is 0 Å². The molecule has 0 saturated heterocycles. The number of carbonyl (C=O) groups is 1. The molecule has 1 atom stereocenters. The largest absolute Gasteiger partial charge is 0.479 e. The minimum absolute atomic E-state index is 0.0102. The van der Waals surface area contributed by atoms with Gasteiger partial charge in [0.15, 0.2) is 0 Å². The maximum Gasteiger partial charge on any atom is 0.347 e. The molecule has 1 aromatic rings. The first-order valence-electron chi connectivity index (χ1n) is 5.95. The lowest BCUT2D eigenvalue weighted by molar-refractivity contribution is -0.152.